The standard InChI is InChI=1S/C18H30N2/c1-15(2)14-20(17-9-5-6-10-17)13-12-19-18-11-7-4-8-16(18)3/h4,7-8,11,15,17,19H,5-6,9-10,12-14H2,1-3H3. The number of aryl methyl sites for hydroxylation is 1. The van der Waals surface area contributed by atoms with Crippen LogP contribution in [0, 0.1) is 12.8 Å². The quantitative estimate of drug-likeness (QED) is 0.797. The highest BCUT2D eigenvalue weighted by Gasteiger charge is 2.22. The molecule has 0 radical (unpaired) electrons. The normalized spacial score (nSPS) is 16.2. The minimum Gasteiger partial charge on any atom is -0.384 e. The lowest BCUT2D eigenvalue weighted by Crippen LogP contribution is -2.39. The maximum Gasteiger partial charge on any atom is 0.0370 e. The Labute approximate surface area is 124 Å². The van der Waals surface area contributed by atoms with Crippen molar-refractivity contribution in [3.63, 3.8) is 0 Å². The van der Waals surface area contributed by atoms with E-state index in [0.29, 0.717) is 0 Å². The number of anilines is 1. The van der Waals surface area contributed by atoms with Crippen molar-refractivity contribution in [3.05, 3.63) is 29.8 Å². The minimum atomic E-state index is 0.758. The number of nitrogens with one attached hydrogen (secondary N) is 1. The highest BCUT2D eigenvalue weighted by molar-refractivity contribution is 5.50. The maximum absolute atomic E-state index is 3.60. The van der Waals surface area contributed by atoms with Gasteiger partial charge in [0.2, 0.25) is 0 Å². The van der Waals surface area contributed by atoms with Gasteiger partial charge in [-0.25, -0.2) is 0 Å². The molecule has 0 spiro atoms. The molecule has 1 fully saturated rings. The lowest BCUT2D eigenvalue weighted by Gasteiger charge is -2.30. The molecule has 1 aliphatic rings. The van der Waals surface area contributed by atoms with Crippen molar-refractivity contribution in [1.82, 2.24) is 4.90 Å². The molecule has 2 heteroatoms. The third-order valence-corrected chi connectivity index (χ3v) is 4.30. The van der Waals surface area contributed by atoms with Crippen LogP contribution in [0.2, 0.25) is 0 Å². The van der Waals surface area contributed by atoms with Gasteiger partial charge < -0.3 is 5.32 Å². The first-order valence-electron chi connectivity index (χ1n) is 8.20. The molecular formula is C18H30N2. The van der Waals surface area contributed by atoms with Gasteiger partial charge >= 0.3 is 0 Å². The summed E-state index contributed by atoms with van der Waals surface area (Å²) in [6.07, 6.45) is 5.64. The SMILES string of the molecule is Cc1ccccc1NCCN(CC(C)C)C1CCCC1. The molecule has 20 heavy (non-hydrogen) atoms. The van der Waals surface area contributed by atoms with Gasteiger partial charge in [-0.15, -0.1) is 0 Å². The third kappa shape index (κ3) is 4.52. The second-order valence-corrected chi connectivity index (χ2v) is 6.57. The zero-order valence-electron chi connectivity index (χ0n) is 13.4. The molecule has 0 amide bonds. The van der Waals surface area contributed by atoms with Gasteiger partial charge in [-0.3, -0.25) is 4.90 Å². The molecule has 0 unspecified atom stereocenters. The topological polar surface area (TPSA) is 15.3 Å². The number of hydrogen-bond donors (Lipinski definition) is 1. The lowest BCUT2D eigenvalue weighted by molar-refractivity contribution is 0.184. The number of rotatable bonds is 7. The van der Waals surface area contributed by atoms with Crippen molar-refractivity contribution < 1.29 is 0 Å². The summed E-state index contributed by atoms with van der Waals surface area (Å²) in [5.74, 6) is 0.758. The average molecular weight is 274 g/mol. The Kier molecular flexibility index (Phi) is 5.90. The van der Waals surface area contributed by atoms with Crippen LogP contribution in [0.4, 0.5) is 5.69 Å². The van der Waals surface area contributed by atoms with Gasteiger partial charge in [0.15, 0.2) is 0 Å². The van der Waals surface area contributed by atoms with E-state index < -0.39 is 0 Å². The largest absolute Gasteiger partial charge is 0.384 e. The van der Waals surface area contributed by atoms with Crippen molar-refractivity contribution in [2.24, 2.45) is 5.92 Å². The van der Waals surface area contributed by atoms with Crippen LogP contribution >= 0.6 is 0 Å². The molecule has 112 valence electrons. The summed E-state index contributed by atoms with van der Waals surface area (Å²) >= 11 is 0. The van der Waals surface area contributed by atoms with Gasteiger partial charge in [-0.2, -0.15) is 0 Å². The highest BCUT2D eigenvalue weighted by atomic mass is 15.2. The van der Waals surface area contributed by atoms with Crippen molar-refractivity contribution >= 4 is 5.69 Å². The van der Waals surface area contributed by atoms with Crippen LogP contribution in [0.15, 0.2) is 24.3 Å². The van der Waals surface area contributed by atoms with Crippen LogP contribution in [0.25, 0.3) is 0 Å². The molecule has 0 saturated heterocycles. The van der Waals surface area contributed by atoms with Crippen molar-refractivity contribution in [3.8, 4) is 0 Å². The molecule has 1 saturated carbocycles. The van der Waals surface area contributed by atoms with Crippen LogP contribution in [0.1, 0.15) is 45.1 Å². The molecule has 0 heterocycles. The van der Waals surface area contributed by atoms with E-state index in [1.807, 2.05) is 0 Å². The predicted octanol–water partition coefficient (Wildman–Crippen LogP) is 4.31. The predicted molar refractivity (Wildman–Crippen MR) is 88.3 cm³/mol. The van der Waals surface area contributed by atoms with E-state index in [0.717, 1.165) is 25.0 Å². The fraction of sp³-hybridized carbons (Fsp3) is 0.667. The molecule has 2 nitrogen and oxygen atoms in total. The number of hydrogen-bond acceptors (Lipinski definition) is 2. The molecule has 1 aliphatic carbocycles. The summed E-state index contributed by atoms with van der Waals surface area (Å²) in [4.78, 5) is 2.71. The third-order valence-electron chi connectivity index (χ3n) is 4.30. The van der Waals surface area contributed by atoms with Gasteiger partial charge in [-0.05, 0) is 37.3 Å². The Morgan fingerprint density at radius 2 is 1.90 bits per heavy atom. The first kappa shape index (κ1) is 15.4. The molecule has 2 rings (SSSR count). The van der Waals surface area contributed by atoms with E-state index in [2.05, 4.69) is 55.3 Å². The summed E-state index contributed by atoms with van der Waals surface area (Å²) < 4.78 is 0. The van der Waals surface area contributed by atoms with Crippen LogP contribution in [0.5, 0.6) is 0 Å². The van der Waals surface area contributed by atoms with E-state index >= 15 is 0 Å². The van der Waals surface area contributed by atoms with Gasteiger partial charge in [0, 0.05) is 31.4 Å². The fourth-order valence-electron chi connectivity index (χ4n) is 3.27. The smallest absolute Gasteiger partial charge is 0.0370 e. The van der Waals surface area contributed by atoms with Crippen LogP contribution in [-0.2, 0) is 0 Å². The number of para-hydroxylation sites is 1. The van der Waals surface area contributed by atoms with E-state index in [4.69, 9.17) is 0 Å². The zero-order chi connectivity index (χ0) is 14.4. The van der Waals surface area contributed by atoms with E-state index in [-0.39, 0.29) is 0 Å². The molecule has 0 aliphatic heterocycles. The number of nitrogens with zero attached hydrogens (tertiary/aromatic N) is 1. The van der Waals surface area contributed by atoms with E-state index in [1.165, 1.54) is 43.5 Å². The molecule has 1 aromatic carbocycles. The van der Waals surface area contributed by atoms with Crippen LogP contribution < -0.4 is 5.32 Å². The second-order valence-electron chi connectivity index (χ2n) is 6.57. The van der Waals surface area contributed by atoms with Gasteiger partial charge in [0.25, 0.3) is 0 Å². The van der Waals surface area contributed by atoms with E-state index in [9.17, 15) is 0 Å². The Hall–Kier alpha value is -1.02. The first-order chi connectivity index (χ1) is 9.66. The number of benzene rings is 1. The lowest BCUT2D eigenvalue weighted by atomic mass is 10.1. The summed E-state index contributed by atoms with van der Waals surface area (Å²) in [5.41, 5.74) is 2.62. The summed E-state index contributed by atoms with van der Waals surface area (Å²) in [5, 5.41) is 3.60. The zero-order valence-corrected chi connectivity index (χ0v) is 13.4. The first-order valence-corrected chi connectivity index (χ1v) is 8.20. The van der Waals surface area contributed by atoms with Crippen LogP contribution in [-0.4, -0.2) is 30.6 Å². The average Bonchev–Trinajstić information content (AvgIpc) is 2.93. The summed E-state index contributed by atoms with van der Waals surface area (Å²) in [6.45, 7) is 10.3. The molecule has 0 bridgehead atoms. The summed E-state index contributed by atoms with van der Waals surface area (Å²) in [7, 11) is 0. The Morgan fingerprint density at radius 1 is 1.20 bits per heavy atom. The van der Waals surface area contributed by atoms with Crippen LogP contribution in [0.3, 0.4) is 0 Å². The molecule has 0 aromatic heterocycles. The minimum absolute atomic E-state index is 0.758. The Morgan fingerprint density at radius 3 is 2.55 bits per heavy atom. The summed E-state index contributed by atoms with van der Waals surface area (Å²) in [6, 6.07) is 9.39. The molecular weight excluding hydrogens is 244 g/mol. The van der Waals surface area contributed by atoms with E-state index in [1.54, 1.807) is 0 Å². The van der Waals surface area contributed by atoms with Gasteiger partial charge in [0.1, 0.15) is 0 Å². The molecule has 1 aromatic rings. The second kappa shape index (κ2) is 7.68. The fourth-order valence-corrected chi connectivity index (χ4v) is 3.27. The monoisotopic (exact) mass is 274 g/mol. The van der Waals surface area contributed by atoms with Crippen molar-refractivity contribution in [2.45, 2.75) is 52.5 Å². The van der Waals surface area contributed by atoms with Gasteiger partial charge in [0.05, 0.1) is 0 Å². The van der Waals surface area contributed by atoms with Crippen molar-refractivity contribution in [2.75, 3.05) is 25.0 Å². The Balaban J connectivity index is 1.83. The Bertz CT molecular complexity index is 394. The van der Waals surface area contributed by atoms with Gasteiger partial charge in [-0.1, -0.05) is 44.9 Å². The molecule has 1 N–H and O–H groups in total. The maximum atomic E-state index is 3.60. The highest BCUT2D eigenvalue weighted by Crippen LogP contribution is 2.24. The van der Waals surface area contributed by atoms with Crippen molar-refractivity contribution in [1.29, 1.82) is 0 Å². The molecule has 0 atom stereocenters.